The maximum Gasteiger partial charge on any atom is 0.434 e. The Kier molecular flexibility index (Phi) is 6.57. The van der Waals surface area contributed by atoms with Gasteiger partial charge in [0.25, 0.3) is 0 Å². The van der Waals surface area contributed by atoms with Gasteiger partial charge >= 0.3 is 5.76 Å². The van der Waals surface area contributed by atoms with E-state index >= 15 is 0 Å². The van der Waals surface area contributed by atoms with E-state index in [2.05, 4.69) is 21.0 Å². The zero-order valence-electron chi connectivity index (χ0n) is 18.8. The van der Waals surface area contributed by atoms with Gasteiger partial charge in [0.05, 0.1) is 14.2 Å². The zero-order valence-corrected chi connectivity index (χ0v) is 19.6. The Labute approximate surface area is 192 Å². The second-order valence-electron chi connectivity index (χ2n) is 8.05. The van der Waals surface area contributed by atoms with Gasteiger partial charge < -0.3 is 13.9 Å². The summed E-state index contributed by atoms with van der Waals surface area (Å²) in [4.78, 5) is 11.6. The molecule has 0 spiro atoms. The van der Waals surface area contributed by atoms with Crippen molar-refractivity contribution in [2.75, 3.05) is 14.2 Å². The highest BCUT2D eigenvalue weighted by atomic mass is 32.2. The van der Waals surface area contributed by atoms with Crippen LogP contribution in [0, 0.1) is 0 Å². The maximum absolute atomic E-state index is 13.4. The van der Waals surface area contributed by atoms with E-state index < -0.39 is 21.8 Å². The van der Waals surface area contributed by atoms with Gasteiger partial charge in [-0.2, -0.15) is 4.72 Å². The van der Waals surface area contributed by atoms with E-state index in [0.717, 1.165) is 31.2 Å². The fourth-order valence-electron chi connectivity index (χ4n) is 4.39. The van der Waals surface area contributed by atoms with Crippen molar-refractivity contribution in [3.8, 4) is 11.5 Å². The van der Waals surface area contributed by atoms with Crippen LogP contribution in [-0.2, 0) is 22.9 Å². The lowest BCUT2D eigenvalue weighted by atomic mass is 9.82. The first-order chi connectivity index (χ1) is 15.8. The van der Waals surface area contributed by atoms with Gasteiger partial charge in [0.15, 0.2) is 0 Å². The summed E-state index contributed by atoms with van der Waals surface area (Å²) in [6, 6.07) is 9.61. The molecular weight excluding hydrogens is 446 g/mol. The molecule has 0 unspecified atom stereocenters. The molecule has 0 saturated heterocycles. The van der Waals surface area contributed by atoms with Crippen molar-refractivity contribution in [1.29, 1.82) is 0 Å². The number of sulfonamides is 1. The number of rotatable bonds is 8. The van der Waals surface area contributed by atoms with Crippen LogP contribution >= 0.6 is 0 Å². The van der Waals surface area contributed by atoms with Gasteiger partial charge in [0, 0.05) is 12.0 Å². The average Bonchev–Trinajstić information content (AvgIpc) is 3.27. The summed E-state index contributed by atoms with van der Waals surface area (Å²) >= 11 is 0. The van der Waals surface area contributed by atoms with E-state index in [1.807, 2.05) is 19.1 Å². The summed E-state index contributed by atoms with van der Waals surface area (Å²) in [5.41, 5.74) is 3.50. The van der Waals surface area contributed by atoms with Crippen LogP contribution < -0.4 is 20.0 Å². The van der Waals surface area contributed by atoms with Crippen LogP contribution in [0.3, 0.4) is 0 Å². The van der Waals surface area contributed by atoms with Gasteiger partial charge in [-0.1, -0.05) is 25.1 Å². The number of nitrogens with one attached hydrogen (secondary N) is 2. The van der Waals surface area contributed by atoms with E-state index in [0.29, 0.717) is 5.75 Å². The fourth-order valence-corrected chi connectivity index (χ4v) is 5.81. The van der Waals surface area contributed by atoms with E-state index in [1.54, 1.807) is 0 Å². The molecule has 2 aromatic carbocycles. The lowest BCUT2D eigenvalue weighted by molar-refractivity contribution is 0.375. The molecule has 3 aromatic rings. The summed E-state index contributed by atoms with van der Waals surface area (Å²) in [6.45, 7) is 1.90. The van der Waals surface area contributed by atoms with Crippen molar-refractivity contribution in [2.45, 2.75) is 49.5 Å². The van der Waals surface area contributed by atoms with Gasteiger partial charge in [0.2, 0.25) is 15.9 Å². The minimum atomic E-state index is -4.09. The maximum atomic E-state index is 13.4. The number of H-pyrrole nitrogens is 1. The Bertz CT molecular complexity index is 1300. The number of fused-ring (bicyclic) bond motifs is 1. The molecule has 0 aliphatic heterocycles. The molecule has 0 amide bonds. The number of aromatic amines is 1. The predicted molar refractivity (Wildman–Crippen MR) is 121 cm³/mol. The number of aryl methyl sites for hydroxylation is 1. The van der Waals surface area contributed by atoms with Crippen molar-refractivity contribution in [3.05, 3.63) is 69.5 Å². The smallest absolute Gasteiger partial charge is 0.434 e. The van der Waals surface area contributed by atoms with E-state index in [9.17, 15) is 13.2 Å². The summed E-state index contributed by atoms with van der Waals surface area (Å²) < 4.78 is 45.2. The Morgan fingerprint density at radius 3 is 2.61 bits per heavy atom. The first-order valence-electron chi connectivity index (χ1n) is 10.7. The van der Waals surface area contributed by atoms with Crippen molar-refractivity contribution in [2.24, 2.45) is 0 Å². The number of hydrogen-bond acceptors (Lipinski definition) is 7. The molecule has 2 atom stereocenters. The largest absolute Gasteiger partial charge is 0.497 e. The molecule has 10 heteroatoms. The molecule has 2 N–H and O–H groups in total. The van der Waals surface area contributed by atoms with E-state index in [1.165, 1.54) is 43.5 Å². The molecule has 1 heterocycles. The third kappa shape index (κ3) is 4.67. The van der Waals surface area contributed by atoms with Crippen LogP contribution in [0.2, 0.25) is 0 Å². The monoisotopic (exact) mass is 473 g/mol. The topological polar surface area (TPSA) is 124 Å². The van der Waals surface area contributed by atoms with Crippen molar-refractivity contribution in [1.82, 2.24) is 14.9 Å². The first kappa shape index (κ1) is 23.1. The molecular formula is C23H27N3O6S. The third-order valence-electron chi connectivity index (χ3n) is 6.09. The number of nitrogens with zero attached hydrogens (tertiary/aromatic N) is 1. The van der Waals surface area contributed by atoms with Crippen LogP contribution in [0.4, 0.5) is 0 Å². The SMILES string of the molecule is COc1ccc(S(=O)(=O)N[C@H](c2n[nH]c(=O)o2)[C@H](C)c2cccc3c2CCCC3)c(OC)c1. The number of benzene rings is 2. The molecule has 0 bridgehead atoms. The highest BCUT2D eigenvalue weighted by molar-refractivity contribution is 7.89. The lowest BCUT2D eigenvalue weighted by Gasteiger charge is -2.27. The summed E-state index contributed by atoms with van der Waals surface area (Å²) in [5, 5.41) is 6.17. The van der Waals surface area contributed by atoms with Crippen molar-refractivity contribution >= 4 is 10.0 Å². The molecule has 176 valence electrons. The highest BCUT2D eigenvalue weighted by Gasteiger charge is 2.34. The molecule has 33 heavy (non-hydrogen) atoms. The average molecular weight is 474 g/mol. The Hall–Kier alpha value is -3.11. The Morgan fingerprint density at radius 2 is 1.91 bits per heavy atom. The number of ether oxygens (including phenoxy) is 2. The molecule has 0 saturated carbocycles. The van der Waals surface area contributed by atoms with Crippen LogP contribution in [0.15, 0.2) is 50.5 Å². The molecule has 0 fully saturated rings. The fraction of sp³-hybridized carbons (Fsp3) is 0.391. The van der Waals surface area contributed by atoms with Gasteiger partial charge in [-0.25, -0.2) is 18.3 Å². The van der Waals surface area contributed by atoms with Crippen LogP contribution in [0.5, 0.6) is 11.5 Å². The van der Waals surface area contributed by atoms with Crippen molar-refractivity contribution in [3.63, 3.8) is 0 Å². The summed E-state index contributed by atoms with van der Waals surface area (Å²) in [7, 11) is -1.22. The molecule has 1 aliphatic rings. The molecule has 1 aromatic heterocycles. The molecule has 9 nitrogen and oxygen atoms in total. The van der Waals surface area contributed by atoms with Gasteiger partial charge in [0.1, 0.15) is 22.4 Å². The van der Waals surface area contributed by atoms with Crippen LogP contribution in [-0.4, -0.2) is 32.8 Å². The second kappa shape index (κ2) is 9.40. The molecule has 4 rings (SSSR count). The Balaban J connectivity index is 1.76. The molecule has 1 aliphatic carbocycles. The van der Waals surface area contributed by atoms with E-state index in [4.69, 9.17) is 13.9 Å². The van der Waals surface area contributed by atoms with Gasteiger partial charge in [-0.05, 0) is 54.5 Å². The minimum Gasteiger partial charge on any atom is -0.497 e. The minimum absolute atomic E-state index is 0.0306. The van der Waals surface area contributed by atoms with Crippen molar-refractivity contribution < 1.29 is 22.3 Å². The van der Waals surface area contributed by atoms with Crippen LogP contribution in [0.25, 0.3) is 0 Å². The Morgan fingerprint density at radius 1 is 1.12 bits per heavy atom. The number of aromatic nitrogens is 2. The highest BCUT2D eigenvalue weighted by Crippen LogP contribution is 2.37. The van der Waals surface area contributed by atoms with Gasteiger partial charge in [-0.3, -0.25) is 0 Å². The number of methoxy groups -OCH3 is 2. The standard InChI is InChI=1S/C23H27N3O6S/c1-14(17-10-6-8-15-7-4-5-9-18(15)17)21(22-24-25-23(27)32-22)26-33(28,29)20-12-11-16(30-2)13-19(20)31-3/h6,8,10-14,21,26H,4-5,7,9H2,1-3H3,(H,25,27)/t14-,21+/m1/s1. The quantitative estimate of drug-likeness (QED) is 0.515. The number of hydrogen-bond donors (Lipinski definition) is 2. The summed E-state index contributed by atoms with van der Waals surface area (Å²) in [5.74, 6) is -0.544. The second-order valence-corrected chi connectivity index (χ2v) is 9.73. The summed E-state index contributed by atoms with van der Waals surface area (Å²) in [6.07, 6.45) is 4.12. The van der Waals surface area contributed by atoms with Gasteiger partial charge in [-0.15, -0.1) is 5.10 Å². The zero-order chi connectivity index (χ0) is 23.6. The normalized spacial score (nSPS) is 15.5. The lowest BCUT2D eigenvalue weighted by Crippen LogP contribution is -2.33. The van der Waals surface area contributed by atoms with E-state index in [-0.39, 0.29) is 22.5 Å². The molecule has 0 radical (unpaired) electrons. The predicted octanol–water partition coefficient (Wildman–Crippen LogP) is 3.08. The third-order valence-corrected chi connectivity index (χ3v) is 7.57. The first-order valence-corrected chi connectivity index (χ1v) is 12.2. The van der Waals surface area contributed by atoms with Crippen LogP contribution in [0.1, 0.15) is 54.3 Å².